The highest BCUT2D eigenvalue weighted by atomic mass is 16.6. The van der Waals surface area contributed by atoms with E-state index in [1.165, 1.54) is 10.9 Å². The maximum atomic E-state index is 13.5. The molecule has 2 aliphatic heterocycles. The monoisotopic (exact) mass is 1050 g/mol. The van der Waals surface area contributed by atoms with Gasteiger partial charge in [-0.1, -0.05) is 0 Å². The van der Waals surface area contributed by atoms with E-state index in [2.05, 4.69) is 57.5 Å². The van der Waals surface area contributed by atoms with E-state index in [4.69, 9.17) is 34.4 Å². The van der Waals surface area contributed by atoms with Crippen molar-refractivity contribution in [3.8, 4) is 0 Å². The second-order valence-electron chi connectivity index (χ2n) is 20.2. The minimum absolute atomic E-state index is 0.00649. The molecule has 6 aromatic rings. The molecule has 76 heavy (non-hydrogen) atoms. The van der Waals surface area contributed by atoms with Crippen LogP contribution in [0, 0.1) is 0 Å². The van der Waals surface area contributed by atoms with E-state index < -0.39 is 42.8 Å². The Labute approximate surface area is 438 Å². The van der Waals surface area contributed by atoms with Gasteiger partial charge in [0.05, 0.1) is 36.7 Å². The molecule has 0 unspecified atom stereocenters. The van der Waals surface area contributed by atoms with E-state index in [1.807, 2.05) is 47.1 Å². The summed E-state index contributed by atoms with van der Waals surface area (Å²) < 4.78 is 19.4. The summed E-state index contributed by atoms with van der Waals surface area (Å²) in [5, 5.41) is 47.8. The number of nitrogens with zero attached hydrogens (tertiary/aromatic N) is 12. The Kier molecular flexibility index (Phi) is 16.0. The molecule has 0 bridgehead atoms. The average molecular weight is 1050 g/mol. The Bertz CT molecular complexity index is 2960. The smallest absolute Gasteiger partial charge is 0.315 e. The summed E-state index contributed by atoms with van der Waals surface area (Å²) >= 11 is 0. The lowest BCUT2D eigenvalue weighted by Gasteiger charge is -2.32. The number of aliphatic hydroxyl groups is 2. The molecule has 8 heterocycles. The number of ether oxygens (including phenoxy) is 2. The van der Waals surface area contributed by atoms with Crippen LogP contribution in [0.5, 0.6) is 0 Å². The third-order valence-electron chi connectivity index (χ3n) is 14.6. The van der Waals surface area contributed by atoms with Gasteiger partial charge in [0.15, 0.2) is 46.3 Å². The fourth-order valence-corrected chi connectivity index (χ4v) is 10.6. The van der Waals surface area contributed by atoms with Gasteiger partial charge in [-0.05, 0) is 78.1 Å². The Morgan fingerprint density at radius 2 is 1.09 bits per heavy atom. The topological polar surface area (TPSA) is 329 Å². The highest BCUT2D eigenvalue weighted by molar-refractivity contribution is 5.86. The van der Waals surface area contributed by atoms with E-state index in [0.717, 1.165) is 62.8 Å². The number of hydrogen-bond acceptors (Lipinski definition) is 19. The van der Waals surface area contributed by atoms with Gasteiger partial charge in [-0.25, -0.2) is 24.7 Å². The Morgan fingerprint density at radius 1 is 0.592 bits per heavy atom. The van der Waals surface area contributed by atoms with Gasteiger partial charge >= 0.3 is 6.03 Å². The fourth-order valence-electron chi connectivity index (χ4n) is 10.6. The number of aromatic nitrogens is 12. The van der Waals surface area contributed by atoms with Crippen LogP contribution in [0.2, 0.25) is 0 Å². The van der Waals surface area contributed by atoms with Crippen molar-refractivity contribution in [3.63, 3.8) is 0 Å². The molecule has 27 heteroatoms. The van der Waals surface area contributed by atoms with Gasteiger partial charge in [0.1, 0.15) is 24.5 Å². The quantitative estimate of drug-likeness (QED) is 0.0521. The highest BCUT2D eigenvalue weighted by Gasteiger charge is 2.48. The number of fused-ring (bicyclic) bond motifs is 2. The van der Waals surface area contributed by atoms with Crippen molar-refractivity contribution in [2.75, 3.05) is 47.4 Å². The minimum atomic E-state index is -1.46. The van der Waals surface area contributed by atoms with Crippen LogP contribution in [-0.4, -0.2) is 161 Å². The molecular weight excluding hydrogens is 981 g/mol. The lowest BCUT2D eigenvalue weighted by Crippen LogP contribution is -2.49. The van der Waals surface area contributed by atoms with Crippen LogP contribution in [-0.2, 0) is 46.0 Å². The zero-order valence-electron chi connectivity index (χ0n) is 43.4. The van der Waals surface area contributed by atoms with Crippen molar-refractivity contribution in [1.82, 2.24) is 79.4 Å². The Morgan fingerprint density at radius 3 is 1.61 bits per heavy atom. The highest BCUT2D eigenvalue weighted by Crippen LogP contribution is 2.36. The summed E-state index contributed by atoms with van der Waals surface area (Å²) in [7, 11) is 3.85. The van der Waals surface area contributed by atoms with Gasteiger partial charge in [0.2, 0.25) is 17.8 Å². The Hall–Kier alpha value is -7.23. The third kappa shape index (κ3) is 11.9. The summed E-state index contributed by atoms with van der Waals surface area (Å²) in [6.07, 6.45) is 13.1. The maximum absolute atomic E-state index is 13.5. The van der Waals surface area contributed by atoms with Crippen molar-refractivity contribution >= 4 is 63.7 Å². The summed E-state index contributed by atoms with van der Waals surface area (Å²) in [5.41, 5.74) is 3.86. The standard InChI is InChI=1S/C49H70N20O7/c1-5-50-44(72)33-15-16-34(75-33)68-25-56-35-40(62-47(64-42(35)68)52-19-17-31-21-66(3)23-54-31)58-27-7-11-29(12-8-27)60-49(74)61-30-13-9-28(10-14-30)59-41-36-43(65-48(63-41)53-20-18-32-22-67(4)24-55-32)69(26-57-36)46-38(71)37(70)39(76-46)45(73)51-6-2/h21-30,33-34,37-39,46,70-71H,5-20H2,1-4H3,(H,50,72)(H,51,73)(H2,60,61,74)(H2,52,58,62,64)(H2,53,59,63,65)/t27-,28-,29-,30-,33-,34+,37-,38+,39-,46+/m0/s1. The first kappa shape index (κ1) is 52.2. The normalized spacial score (nSPS) is 25.6. The lowest BCUT2D eigenvalue weighted by molar-refractivity contribution is -0.137. The van der Waals surface area contributed by atoms with Crippen LogP contribution in [0.25, 0.3) is 22.3 Å². The minimum Gasteiger partial charge on any atom is -0.387 e. The molecule has 0 spiro atoms. The van der Waals surface area contributed by atoms with Crippen LogP contribution in [0.4, 0.5) is 28.3 Å². The first-order chi connectivity index (χ1) is 36.9. The molecule has 10 rings (SSSR count). The molecule has 2 saturated carbocycles. The van der Waals surface area contributed by atoms with Crippen molar-refractivity contribution in [2.45, 2.75) is 152 Å². The van der Waals surface area contributed by atoms with Crippen molar-refractivity contribution in [1.29, 1.82) is 0 Å². The van der Waals surface area contributed by atoms with E-state index in [-0.39, 0.29) is 36.1 Å². The van der Waals surface area contributed by atoms with Crippen LogP contribution in [0.15, 0.2) is 37.7 Å². The second-order valence-corrected chi connectivity index (χ2v) is 20.2. The summed E-state index contributed by atoms with van der Waals surface area (Å²) in [6.45, 7) is 5.58. The van der Waals surface area contributed by atoms with E-state index in [1.54, 1.807) is 25.9 Å². The molecule has 10 N–H and O–H groups in total. The maximum Gasteiger partial charge on any atom is 0.315 e. The van der Waals surface area contributed by atoms with E-state index in [0.29, 0.717) is 97.7 Å². The van der Waals surface area contributed by atoms with Gasteiger partial charge in [0, 0.05) is 89.7 Å². The molecular formula is C49H70N20O7. The van der Waals surface area contributed by atoms with Gasteiger partial charge in [-0.3, -0.25) is 18.7 Å². The summed E-state index contributed by atoms with van der Waals surface area (Å²) in [4.78, 5) is 76.4. The predicted molar refractivity (Wildman–Crippen MR) is 279 cm³/mol. The lowest BCUT2D eigenvalue weighted by atomic mass is 9.90. The number of hydrogen-bond donors (Lipinski definition) is 10. The number of aliphatic hydroxyl groups excluding tert-OH is 2. The molecule has 0 aromatic carbocycles. The van der Waals surface area contributed by atoms with Crippen molar-refractivity contribution in [3.05, 3.63) is 49.1 Å². The average Bonchev–Trinajstić information content (AvgIpc) is 4.29. The number of rotatable bonds is 20. The molecule has 408 valence electrons. The number of carbonyl (C=O) groups excluding carboxylic acids is 3. The number of amides is 4. The van der Waals surface area contributed by atoms with Crippen LogP contribution in [0.1, 0.15) is 102 Å². The number of urea groups is 1. The Balaban J connectivity index is 0.734. The number of likely N-dealkylation sites (N-methyl/N-ethyl adjacent to an activating group) is 2. The third-order valence-corrected chi connectivity index (χ3v) is 14.6. The molecule has 6 aromatic heterocycles. The molecule has 2 saturated heterocycles. The van der Waals surface area contributed by atoms with E-state index >= 15 is 0 Å². The molecule has 27 nitrogen and oxygen atoms in total. The first-order valence-corrected chi connectivity index (χ1v) is 26.6. The predicted octanol–water partition coefficient (Wildman–Crippen LogP) is 1.76. The number of carbonyl (C=O) groups is 3. The molecule has 6 atom stereocenters. The number of aryl methyl sites for hydroxylation is 2. The molecule has 4 aliphatic rings. The number of anilines is 4. The summed E-state index contributed by atoms with van der Waals surface area (Å²) in [5.74, 6) is 1.21. The first-order valence-electron chi connectivity index (χ1n) is 26.6. The zero-order valence-corrected chi connectivity index (χ0v) is 43.4. The molecule has 2 aliphatic carbocycles. The molecule has 4 fully saturated rings. The second kappa shape index (κ2) is 23.3. The van der Waals surface area contributed by atoms with Crippen LogP contribution >= 0.6 is 0 Å². The largest absolute Gasteiger partial charge is 0.387 e. The number of imidazole rings is 4. The SMILES string of the molecule is CCNC(=O)[C@@H]1CC[C@H](n2cnc3c(N[C@H]4CC[C@H](NC(=O)N[C@H]5CC[C@H](Nc6nc(NCCc7cn(C)cn7)nc7c6ncn7[C@@H]6O[C@H](C(=O)NCC)[C@@H](O)[C@H]6O)CC5)CC4)nc(NCCc4cn(C)cn4)nc32)O1. The fraction of sp³-hybridized carbons (Fsp3) is 0.612. The van der Waals surface area contributed by atoms with Gasteiger partial charge in [-0.15, -0.1) is 0 Å². The van der Waals surface area contributed by atoms with Crippen LogP contribution < -0.4 is 42.5 Å². The van der Waals surface area contributed by atoms with Gasteiger partial charge in [-0.2, -0.15) is 19.9 Å². The molecule has 0 radical (unpaired) electrons. The summed E-state index contributed by atoms with van der Waals surface area (Å²) in [6, 6.07) is -0.0941. The van der Waals surface area contributed by atoms with Crippen molar-refractivity contribution < 1.29 is 34.1 Å². The zero-order chi connectivity index (χ0) is 52.9. The van der Waals surface area contributed by atoms with Gasteiger partial charge in [0.25, 0.3) is 5.91 Å². The van der Waals surface area contributed by atoms with E-state index in [9.17, 15) is 24.6 Å². The molecule has 4 amide bonds. The van der Waals surface area contributed by atoms with Crippen LogP contribution in [0.3, 0.4) is 0 Å². The van der Waals surface area contributed by atoms with Gasteiger partial charge < -0.3 is 71.4 Å². The number of nitrogens with one attached hydrogen (secondary N) is 8. The van der Waals surface area contributed by atoms with Crippen molar-refractivity contribution in [2.24, 2.45) is 14.1 Å².